The van der Waals surface area contributed by atoms with Gasteiger partial charge < -0.3 is 8.85 Å². The van der Waals surface area contributed by atoms with Gasteiger partial charge >= 0.3 is 0 Å². The lowest BCUT2D eigenvalue weighted by molar-refractivity contribution is 0.272. The van der Waals surface area contributed by atoms with Crippen molar-refractivity contribution in [2.45, 2.75) is 91.0 Å². The molecule has 0 N–H and O–H groups in total. The van der Waals surface area contributed by atoms with Crippen LogP contribution >= 0.6 is 15.9 Å². The first-order valence-corrected chi connectivity index (χ1v) is 17.8. The highest BCUT2D eigenvalue weighted by Gasteiger charge is 2.37. The monoisotopic (exact) mass is 549 g/mol. The largest absolute Gasteiger partial charge is 0.411 e. The standard InChI is InChI=1S/C13H20N2OSi.C12H20BrNOSi/c1-13(2,3)17(4,5)16-10-12-8-11(9-14)6-7-15-12;1-12(2,3)16(4,5)15-9-11-8-10(13)6-7-14-11/h6-8H,10H2,1-5H3;6-8H,9H2,1-5H3. The molecule has 182 valence electrons. The molecule has 5 nitrogen and oxygen atoms in total. The van der Waals surface area contributed by atoms with Crippen molar-refractivity contribution in [3.8, 4) is 6.07 Å². The number of pyridine rings is 2. The molecule has 0 fully saturated rings. The van der Waals surface area contributed by atoms with Crippen LogP contribution in [0.5, 0.6) is 0 Å². The van der Waals surface area contributed by atoms with Gasteiger partial charge in [0.2, 0.25) is 0 Å². The molecule has 0 unspecified atom stereocenters. The van der Waals surface area contributed by atoms with E-state index in [1.165, 1.54) is 0 Å². The molecule has 0 aliphatic carbocycles. The zero-order valence-electron chi connectivity index (χ0n) is 21.9. The lowest BCUT2D eigenvalue weighted by Gasteiger charge is -2.36. The summed E-state index contributed by atoms with van der Waals surface area (Å²) in [5.41, 5.74) is 2.45. The van der Waals surface area contributed by atoms with Crippen LogP contribution < -0.4 is 0 Å². The molecule has 33 heavy (non-hydrogen) atoms. The molecule has 0 spiro atoms. The summed E-state index contributed by atoms with van der Waals surface area (Å²) in [5.74, 6) is 0. The van der Waals surface area contributed by atoms with Gasteiger partial charge in [-0.25, -0.2) is 0 Å². The zero-order chi connectivity index (χ0) is 25.5. The molecular formula is C25H40BrN3O2Si2. The van der Waals surface area contributed by atoms with Gasteiger partial charge in [0.15, 0.2) is 16.6 Å². The Morgan fingerprint density at radius 1 is 0.818 bits per heavy atom. The molecule has 0 bridgehead atoms. The minimum Gasteiger partial charge on any atom is -0.411 e. The summed E-state index contributed by atoms with van der Waals surface area (Å²) < 4.78 is 13.2. The fraction of sp³-hybridized carbons (Fsp3) is 0.560. The Bertz CT molecular complexity index is 946. The van der Waals surface area contributed by atoms with Crippen LogP contribution in [0.15, 0.2) is 41.1 Å². The third-order valence-electron chi connectivity index (χ3n) is 6.50. The molecule has 0 saturated heterocycles. The maximum absolute atomic E-state index is 8.81. The minimum absolute atomic E-state index is 0.194. The molecule has 2 rings (SSSR count). The first-order chi connectivity index (χ1) is 15.0. The fourth-order valence-corrected chi connectivity index (χ4v) is 4.36. The van der Waals surface area contributed by atoms with Gasteiger partial charge in [-0.3, -0.25) is 9.97 Å². The summed E-state index contributed by atoms with van der Waals surface area (Å²) in [6, 6.07) is 9.53. The Balaban J connectivity index is 0.000000331. The van der Waals surface area contributed by atoms with Crippen LogP contribution in [0.4, 0.5) is 0 Å². The smallest absolute Gasteiger partial charge is 0.192 e. The van der Waals surface area contributed by atoms with Gasteiger partial charge in [-0.15, -0.1) is 0 Å². The molecular weight excluding hydrogens is 510 g/mol. The summed E-state index contributed by atoms with van der Waals surface area (Å²) >= 11 is 3.44. The van der Waals surface area contributed by atoms with Crippen molar-refractivity contribution in [3.05, 3.63) is 58.1 Å². The number of rotatable bonds is 6. The second-order valence-corrected chi connectivity index (χ2v) is 21.7. The number of aromatic nitrogens is 2. The lowest BCUT2D eigenvalue weighted by atomic mass is 10.2. The van der Waals surface area contributed by atoms with Crippen LogP contribution in [0.3, 0.4) is 0 Å². The molecule has 0 atom stereocenters. The summed E-state index contributed by atoms with van der Waals surface area (Å²) in [6.07, 6.45) is 3.46. The number of nitrogens with zero attached hydrogens (tertiary/aromatic N) is 3. The highest BCUT2D eigenvalue weighted by atomic mass is 79.9. The predicted molar refractivity (Wildman–Crippen MR) is 145 cm³/mol. The van der Waals surface area contributed by atoms with Crippen molar-refractivity contribution in [1.29, 1.82) is 5.26 Å². The van der Waals surface area contributed by atoms with Gasteiger partial charge in [0.1, 0.15) is 0 Å². The fourth-order valence-electron chi connectivity index (χ4n) is 2.10. The molecule has 2 aromatic rings. The topological polar surface area (TPSA) is 68.0 Å². The highest BCUT2D eigenvalue weighted by molar-refractivity contribution is 9.10. The van der Waals surface area contributed by atoms with E-state index in [1.807, 2.05) is 12.1 Å². The number of hydrogen-bond acceptors (Lipinski definition) is 5. The molecule has 2 heterocycles. The molecule has 2 aromatic heterocycles. The molecule has 0 radical (unpaired) electrons. The van der Waals surface area contributed by atoms with Crippen molar-refractivity contribution in [3.63, 3.8) is 0 Å². The van der Waals surface area contributed by atoms with Crippen molar-refractivity contribution >= 4 is 32.6 Å². The van der Waals surface area contributed by atoms with Gasteiger partial charge in [0, 0.05) is 16.9 Å². The van der Waals surface area contributed by atoms with Crippen molar-refractivity contribution in [1.82, 2.24) is 9.97 Å². The zero-order valence-corrected chi connectivity index (χ0v) is 25.5. The maximum atomic E-state index is 8.81. The van der Waals surface area contributed by atoms with E-state index in [1.54, 1.807) is 24.5 Å². The van der Waals surface area contributed by atoms with E-state index in [0.717, 1.165) is 15.9 Å². The van der Waals surface area contributed by atoms with Crippen LogP contribution in [0, 0.1) is 11.3 Å². The molecule has 0 amide bonds. The SMILES string of the molecule is CC(C)(C)[Si](C)(C)OCc1cc(Br)ccn1.CC(C)(C)[Si](C)(C)OCc1cc(C#N)ccn1. The summed E-state index contributed by atoms with van der Waals surface area (Å²) in [4.78, 5) is 8.51. The van der Waals surface area contributed by atoms with E-state index in [0.29, 0.717) is 18.8 Å². The Kier molecular flexibility index (Phi) is 10.6. The lowest BCUT2D eigenvalue weighted by Crippen LogP contribution is -2.40. The molecule has 0 aliphatic heterocycles. The van der Waals surface area contributed by atoms with E-state index in [-0.39, 0.29) is 10.1 Å². The summed E-state index contributed by atoms with van der Waals surface area (Å²) in [7, 11) is -3.40. The summed E-state index contributed by atoms with van der Waals surface area (Å²) in [5, 5.41) is 9.25. The Hall–Kier alpha value is -1.38. The van der Waals surface area contributed by atoms with Crippen LogP contribution in [0.2, 0.25) is 36.3 Å². The average Bonchev–Trinajstić information content (AvgIpc) is 2.70. The number of halogens is 1. The molecule has 8 heteroatoms. The van der Waals surface area contributed by atoms with E-state index in [4.69, 9.17) is 14.1 Å². The second-order valence-electron chi connectivity index (χ2n) is 11.2. The van der Waals surface area contributed by atoms with Crippen LogP contribution in [-0.4, -0.2) is 26.6 Å². The maximum Gasteiger partial charge on any atom is 0.192 e. The van der Waals surface area contributed by atoms with E-state index in [9.17, 15) is 0 Å². The number of hydrogen-bond donors (Lipinski definition) is 0. The Morgan fingerprint density at radius 2 is 1.24 bits per heavy atom. The first kappa shape index (κ1) is 29.7. The molecule has 0 aromatic carbocycles. The van der Waals surface area contributed by atoms with E-state index >= 15 is 0 Å². The average molecular weight is 551 g/mol. The first-order valence-electron chi connectivity index (χ1n) is 11.2. The van der Waals surface area contributed by atoms with Gasteiger partial charge in [-0.2, -0.15) is 5.26 Å². The molecule has 0 saturated carbocycles. The minimum atomic E-state index is -1.74. The van der Waals surface area contributed by atoms with Gasteiger partial charge in [-0.05, 0) is 60.5 Å². The summed E-state index contributed by atoms with van der Waals surface area (Å²) in [6.45, 7) is 23.4. The highest BCUT2D eigenvalue weighted by Crippen LogP contribution is 2.37. The van der Waals surface area contributed by atoms with Crippen molar-refractivity contribution in [2.75, 3.05) is 0 Å². The predicted octanol–water partition coefficient (Wildman–Crippen LogP) is 7.84. The van der Waals surface area contributed by atoms with Crippen molar-refractivity contribution < 1.29 is 8.85 Å². The van der Waals surface area contributed by atoms with E-state index < -0.39 is 16.6 Å². The van der Waals surface area contributed by atoms with E-state index in [2.05, 4.69) is 99.7 Å². The number of nitriles is 1. The second kappa shape index (κ2) is 11.8. The van der Waals surface area contributed by atoms with Gasteiger partial charge in [0.05, 0.1) is 36.2 Å². The normalized spacial score (nSPS) is 12.5. The third kappa shape index (κ3) is 9.79. The third-order valence-corrected chi connectivity index (χ3v) is 15.9. The van der Waals surface area contributed by atoms with Crippen LogP contribution in [-0.2, 0) is 22.1 Å². The Morgan fingerprint density at radius 3 is 1.64 bits per heavy atom. The van der Waals surface area contributed by atoms with Gasteiger partial charge in [0.25, 0.3) is 0 Å². The van der Waals surface area contributed by atoms with Crippen molar-refractivity contribution in [2.24, 2.45) is 0 Å². The molecule has 0 aliphatic rings. The van der Waals surface area contributed by atoms with Crippen LogP contribution in [0.1, 0.15) is 58.5 Å². The Labute approximate surface area is 211 Å². The van der Waals surface area contributed by atoms with Gasteiger partial charge in [-0.1, -0.05) is 57.5 Å². The van der Waals surface area contributed by atoms with Crippen LogP contribution in [0.25, 0.3) is 0 Å². The quantitative estimate of drug-likeness (QED) is 0.343.